The van der Waals surface area contributed by atoms with E-state index >= 15 is 0 Å². The molecule has 3 rings (SSSR count). The zero-order chi connectivity index (χ0) is 15.7. The summed E-state index contributed by atoms with van der Waals surface area (Å²) in [6, 6.07) is 10.6. The van der Waals surface area contributed by atoms with Crippen molar-refractivity contribution in [2.75, 3.05) is 0 Å². The third-order valence-corrected chi connectivity index (χ3v) is 4.09. The van der Waals surface area contributed by atoms with E-state index in [-0.39, 0.29) is 5.91 Å². The van der Waals surface area contributed by atoms with Crippen LogP contribution in [-0.2, 0) is 6.54 Å². The highest BCUT2D eigenvalue weighted by atomic mass is 16.5. The van der Waals surface area contributed by atoms with Gasteiger partial charge in [0.15, 0.2) is 0 Å². The summed E-state index contributed by atoms with van der Waals surface area (Å²) >= 11 is 0. The van der Waals surface area contributed by atoms with Crippen molar-refractivity contribution in [1.29, 1.82) is 0 Å². The molecule has 0 bridgehead atoms. The number of nitrogens with zero attached hydrogens (tertiary/aromatic N) is 2. The summed E-state index contributed by atoms with van der Waals surface area (Å²) in [5, 5.41) is 3.82. The van der Waals surface area contributed by atoms with E-state index in [9.17, 15) is 4.79 Å². The van der Waals surface area contributed by atoms with E-state index in [1.165, 1.54) is 5.56 Å². The highest BCUT2D eigenvalue weighted by Crippen LogP contribution is 2.30. The first-order valence-corrected chi connectivity index (χ1v) is 7.87. The molecule has 22 heavy (non-hydrogen) atoms. The van der Waals surface area contributed by atoms with Gasteiger partial charge in [0.1, 0.15) is 0 Å². The SMILES string of the molecule is Cc1cc(C(=O)N(Cc2ccc(C(C)C)cc2)C2CC2)on1. The van der Waals surface area contributed by atoms with Crippen molar-refractivity contribution in [2.45, 2.75) is 52.1 Å². The third-order valence-electron chi connectivity index (χ3n) is 4.09. The number of amides is 1. The number of benzene rings is 1. The van der Waals surface area contributed by atoms with Crippen molar-refractivity contribution in [1.82, 2.24) is 10.1 Å². The molecule has 2 aromatic rings. The Balaban J connectivity index is 1.76. The monoisotopic (exact) mass is 298 g/mol. The van der Waals surface area contributed by atoms with Crippen LogP contribution in [0.4, 0.5) is 0 Å². The first-order valence-electron chi connectivity index (χ1n) is 7.87. The second-order valence-corrected chi connectivity index (χ2v) is 6.39. The van der Waals surface area contributed by atoms with E-state index in [0.29, 0.717) is 24.3 Å². The van der Waals surface area contributed by atoms with Crippen molar-refractivity contribution in [3.63, 3.8) is 0 Å². The molecule has 1 amide bonds. The van der Waals surface area contributed by atoms with Gasteiger partial charge in [-0.25, -0.2) is 0 Å². The zero-order valence-corrected chi connectivity index (χ0v) is 13.4. The van der Waals surface area contributed by atoms with Crippen LogP contribution in [0.25, 0.3) is 0 Å². The van der Waals surface area contributed by atoms with Crippen molar-refractivity contribution in [3.05, 3.63) is 52.9 Å². The van der Waals surface area contributed by atoms with Gasteiger partial charge in [0.05, 0.1) is 5.69 Å². The maximum Gasteiger partial charge on any atom is 0.293 e. The lowest BCUT2D eigenvalue weighted by Crippen LogP contribution is -2.32. The van der Waals surface area contributed by atoms with Gasteiger partial charge in [0, 0.05) is 18.7 Å². The Morgan fingerprint density at radius 2 is 2.00 bits per heavy atom. The number of aryl methyl sites for hydroxylation is 1. The van der Waals surface area contributed by atoms with Gasteiger partial charge in [0.25, 0.3) is 5.91 Å². The standard InChI is InChI=1S/C18H22N2O2/c1-12(2)15-6-4-14(5-7-15)11-20(16-8-9-16)18(21)17-10-13(3)19-22-17/h4-7,10,12,16H,8-9,11H2,1-3H3. The zero-order valence-electron chi connectivity index (χ0n) is 13.4. The number of carbonyl (C=O) groups is 1. The lowest BCUT2D eigenvalue weighted by molar-refractivity contribution is 0.0687. The molecule has 1 saturated carbocycles. The Bertz CT molecular complexity index is 654. The third kappa shape index (κ3) is 3.21. The lowest BCUT2D eigenvalue weighted by atomic mass is 10.0. The first-order chi connectivity index (χ1) is 10.5. The van der Waals surface area contributed by atoms with Crippen LogP contribution >= 0.6 is 0 Å². The predicted octanol–water partition coefficient (Wildman–Crippen LogP) is 3.91. The minimum absolute atomic E-state index is 0.0592. The molecule has 4 heteroatoms. The molecule has 1 aliphatic carbocycles. The Morgan fingerprint density at radius 3 is 2.50 bits per heavy atom. The van der Waals surface area contributed by atoms with Gasteiger partial charge in [-0.1, -0.05) is 43.3 Å². The maximum absolute atomic E-state index is 12.6. The van der Waals surface area contributed by atoms with Gasteiger partial charge in [-0.15, -0.1) is 0 Å². The summed E-state index contributed by atoms with van der Waals surface area (Å²) < 4.78 is 5.13. The fourth-order valence-electron chi connectivity index (χ4n) is 2.56. The van der Waals surface area contributed by atoms with Gasteiger partial charge in [-0.05, 0) is 36.8 Å². The molecule has 1 fully saturated rings. The molecular formula is C18H22N2O2. The molecule has 0 saturated heterocycles. The summed E-state index contributed by atoms with van der Waals surface area (Å²) in [6.07, 6.45) is 2.14. The van der Waals surface area contributed by atoms with Crippen LogP contribution in [0, 0.1) is 6.92 Å². The second kappa shape index (κ2) is 5.95. The highest BCUT2D eigenvalue weighted by molar-refractivity contribution is 5.91. The van der Waals surface area contributed by atoms with E-state index in [2.05, 4.69) is 43.3 Å². The van der Waals surface area contributed by atoms with Gasteiger partial charge in [0.2, 0.25) is 5.76 Å². The fraction of sp³-hybridized carbons (Fsp3) is 0.444. The average Bonchev–Trinajstić information content (AvgIpc) is 3.25. The maximum atomic E-state index is 12.6. The molecule has 1 heterocycles. The summed E-state index contributed by atoms with van der Waals surface area (Å²) in [5.41, 5.74) is 3.21. The molecule has 0 atom stereocenters. The van der Waals surface area contributed by atoms with Crippen LogP contribution in [-0.4, -0.2) is 22.0 Å². The largest absolute Gasteiger partial charge is 0.351 e. The summed E-state index contributed by atoms with van der Waals surface area (Å²) in [7, 11) is 0. The predicted molar refractivity (Wildman–Crippen MR) is 84.7 cm³/mol. The smallest absolute Gasteiger partial charge is 0.293 e. The number of rotatable bonds is 5. The Hall–Kier alpha value is -2.10. The van der Waals surface area contributed by atoms with Gasteiger partial charge in [-0.2, -0.15) is 0 Å². The normalized spacial score (nSPS) is 14.4. The number of carbonyl (C=O) groups excluding carboxylic acids is 1. The molecule has 1 aromatic carbocycles. The van der Waals surface area contributed by atoms with Crippen molar-refractivity contribution >= 4 is 5.91 Å². The molecule has 4 nitrogen and oxygen atoms in total. The molecule has 1 aromatic heterocycles. The van der Waals surface area contributed by atoms with E-state index in [1.54, 1.807) is 6.07 Å². The molecule has 0 unspecified atom stereocenters. The van der Waals surface area contributed by atoms with E-state index in [1.807, 2.05) is 11.8 Å². The van der Waals surface area contributed by atoms with Crippen molar-refractivity contribution in [3.8, 4) is 0 Å². The fourth-order valence-corrected chi connectivity index (χ4v) is 2.56. The molecule has 0 spiro atoms. The second-order valence-electron chi connectivity index (χ2n) is 6.39. The molecule has 0 N–H and O–H groups in total. The van der Waals surface area contributed by atoms with Crippen molar-refractivity contribution < 1.29 is 9.32 Å². The number of hydrogen-bond acceptors (Lipinski definition) is 3. The average molecular weight is 298 g/mol. The summed E-state index contributed by atoms with van der Waals surface area (Å²) in [6.45, 7) is 6.82. The van der Waals surface area contributed by atoms with Crippen molar-refractivity contribution in [2.24, 2.45) is 0 Å². The number of hydrogen-bond donors (Lipinski definition) is 0. The minimum atomic E-state index is -0.0592. The van der Waals surface area contributed by atoms with Gasteiger partial charge < -0.3 is 9.42 Å². The van der Waals surface area contributed by atoms with E-state index < -0.39 is 0 Å². The molecule has 116 valence electrons. The lowest BCUT2D eigenvalue weighted by Gasteiger charge is -2.21. The van der Waals surface area contributed by atoms with Crippen LogP contribution in [0.15, 0.2) is 34.9 Å². The van der Waals surface area contributed by atoms with Crippen LogP contribution in [0.1, 0.15) is 60.0 Å². The molecular weight excluding hydrogens is 276 g/mol. The number of aromatic nitrogens is 1. The van der Waals surface area contributed by atoms with Crippen LogP contribution in [0.2, 0.25) is 0 Å². The van der Waals surface area contributed by atoms with Gasteiger partial charge in [-0.3, -0.25) is 4.79 Å². The Labute approximate surface area is 131 Å². The quantitative estimate of drug-likeness (QED) is 0.840. The van der Waals surface area contributed by atoms with E-state index in [4.69, 9.17) is 4.52 Å². The minimum Gasteiger partial charge on any atom is -0.351 e. The molecule has 0 aliphatic heterocycles. The van der Waals surface area contributed by atoms with Crippen LogP contribution in [0.5, 0.6) is 0 Å². The topological polar surface area (TPSA) is 46.3 Å². The summed E-state index contributed by atoms with van der Waals surface area (Å²) in [4.78, 5) is 14.5. The van der Waals surface area contributed by atoms with E-state index in [0.717, 1.165) is 24.1 Å². The molecule has 0 radical (unpaired) electrons. The first kappa shape index (κ1) is 14.8. The van der Waals surface area contributed by atoms with Gasteiger partial charge >= 0.3 is 0 Å². The molecule has 1 aliphatic rings. The van der Waals surface area contributed by atoms with Crippen LogP contribution in [0.3, 0.4) is 0 Å². The van der Waals surface area contributed by atoms with Crippen LogP contribution < -0.4 is 0 Å². The highest BCUT2D eigenvalue weighted by Gasteiger charge is 2.34. The Kier molecular flexibility index (Phi) is 4.01. The summed E-state index contributed by atoms with van der Waals surface area (Å²) in [5.74, 6) is 0.798. The Morgan fingerprint density at radius 1 is 1.32 bits per heavy atom.